The van der Waals surface area contributed by atoms with E-state index < -0.39 is 6.29 Å². The standard InChI is InChI=1S/C18H16O4/c1-13(12-19)11-17(20)22-16-9-7-15(8-10-16)18(21)14-5-3-2-4-6-14/h2-10,12,17,20H,1,11H2. The largest absolute Gasteiger partial charge is 0.465 e. The summed E-state index contributed by atoms with van der Waals surface area (Å²) in [4.78, 5) is 22.7. The summed E-state index contributed by atoms with van der Waals surface area (Å²) in [6.45, 7) is 3.47. The lowest BCUT2D eigenvalue weighted by atomic mass is 10.0. The van der Waals surface area contributed by atoms with Crippen molar-refractivity contribution in [2.24, 2.45) is 0 Å². The Labute approximate surface area is 128 Å². The number of carbonyl (C=O) groups is 2. The maximum absolute atomic E-state index is 12.2. The van der Waals surface area contributed by atoms with Gasteiger partial charge >= 0.3 is 0 Å². The van der Waals surface area contributed by atoms with E-state index in [2.05, 4.69) is 6.58 Å². The highest BCUT2D eigenvalue weighted by Crippen LogP contribution is 2.17. The molecule has 0 aliphatic rings. The van der Waals surface area contributed by atoms with E-state index in [1.54, 1.807) is 48.5 Å². The summed E-state index contributed by atoms with van der Waals surface area (Å²) in [5.41, 5.74) is 1.40. The van der Waals surface area contributed by atoms with E-state index in [1.807, 2.05) is 6.07 Å². The van der Waals surface area contributed by atoms with E-state index in [-0.39, 0.29) is 17.8 Å². The minimum atomic E-state index is -1.15. The number of hydrogen-bond donors (Lipinski definition) is 1. The van der Waals surface area contributed by atoms with Gasteiger partial charge in [0.05, 0.1) is 0 Å². The topological polar surface area (TPSA) is 63.6 Å². The first-order chi connectivity index (χ1) is 10.6. The molecule has 0 aliphatic heterocycles. The second kappa shape index (κ2) is 7.33. The Hall–Kier alpha value is -2.72. The maximum atomic E-state index is 12.2. The number of carbonyl (C=O) groups excluding carboxylic acids is 2. The van der Waals surface area contributed by atoms with Crippen molar-refractivity contribution < 1.29 is 19.4 Å². The van der Waals surface area contributed by atoms with Crippen molar-refractivity contribution in [3.63, 3.8) is 0 Å². The third-order valence-corrected chi connectivity index (χ3v) is 3.03. The number of rotatable bonds is 7. The monoisotopic (exact) mass is 296 g/mol. The molecule has 0 aliphatic carbocycles. The molecule has 1 atom stereocenters. The van der Waals surface area contributed by atoms with E-state index in [1.165, 1.54) is 0 Å². The Balaban J connectivity index is 2.03. The van der Waals surface area contributed by atoms with Crippen LogP contribution < -0.4 is 4.74 Å². The fraction of sp³-hybridized carbons (Fsp3) is 0.111. The van der Waals surface area contributed by atoms with Crippen molar-refractivity contribution in [1.29, 1.82) is 0 Å². The normalized spacial score (nSPS) is 11.5. The molecule has 1 unspecified atom stereocenters. The zero-order valence-corrected chi connectivity index (χ0v) is 11.9. The predicted molar refractivity (Wildman–Crippen MR) is 82.8 cm³/mol. The average Bonchev–Trinajstić information content (AvgIpc) is 2.55. The molecule has 0 saturated heterocycles. The Morgan fingerprint density at radius 1 is 1.09 bits per heavy atom. The van der Waals surface area contributed by atoms with Crippen LogP contribution in [-0.2, 0) is 4.79 Å². The first-order valence-corrected chi connectivity index (χ1v) is 6.77. The predicted octanol–water partition coefficient (Wildman–Crippen LogP) is 2.76. The lowest BCUT2D eigenvalue weighted by Crippen LogP contribution is -2.16. The molecule has 0 aromatic heterocycles. The first-order valence-electron chi connectivity index (χ1n) is 6.77. The van der Waals surface area contributed by atoms with Gasteiger partial charge < -0.3 is 9.84 Å². The van der Waals surface area contributed by atoms with Gasteiger partial charge in [0.1, 0.15) is 12.0 Å². The van der Waals surface area contributed by atoms with Crippen molar-refractivity contribution in [3.05, 3.63) is 77.9 Å². The second-order valence-electron chi connectivity index (χ2n) is 4.77. The van der Waals surface area contributed by atoms with E-state index >= 15 is 0 Å². The zero-order valence-electron chi connectivity index (χ0n) is 11.9. The molecule has 1 N–H and O–H groups in total. The molecule has 0 fully saturated rings. The first kappa shape index (κ1) is 15.7. The van der Waals surface area contributed by atoms with Gasteiger partial charge in [0.25, 0.3) is 0 Å². The molecule has 4 nitrogen and oxygen atoms in total. The van der Waals surface area contributed by atoms with Gasteiger partial charge in [-0.1, -0.05) is 36.9 Å². The fourth-order valence-electron chi connectivity index (χ4n) is 1.91. The lowest BCUT2D eigenvalue weighted by Gasteiger charge is -2.13. The van der Waals surface area contributed by atoms with Crippen molar-refractivity contribution in [1.82, 2.24) is 0 Å². The van der Waals surface area contributed by atoms with E-state index in [4.69, 9.17) is 4.74 Å². The smallest absolute Gasteiger partial charge is 0.201 e. The number of aliphatic hydroxyl groups excluding tert-OH is 1. The number of ether oxygens (including phenoxy) is 1. The van der Waals surface area contributed by atoms with Gasteiger partial charge in [-0.15, -0.1) is 0 Å². The third-order valence-electron chi connectivity index (χ3n) is 3.03. The highest BCUT2D eigenvalue weighted by Gasteiger charge is 2.10. The van der Waals surface area contributed by atoms with Crippen molar-refractivity contribution in [3.8, 4) is 5.75 Å². The Kier molecular flexibility index (Phi) is 5.22. The molecule has 0 saturated carbocycles. The summed E-state index contributed by atoms with van der Waals surface area (Å²) in [7, 11) is 0. The van der Waals surface area contributed by atoms with Crippen LogP contribution in [0.15, 0.2) is 66.7 Å². The molecule has 2 rings (SSSR count). The number of hydrogen-bond acceptors (Lipinski definition) is 4. The van der Waals surface area contributed by atoms with Crippen molar-refractivity contribution in [2.75, 3.05) is 0 Å². The summed E-state index contributed by atoms with van der Waals surface area (Å²) < 4.78 is 5.25. The molecule has 0 spiro atoms. The Morgan fingerprint density at radius 2 is 1.68 bits per heavy atom. The van der Waals surface area contributed by atoms with Crippen molar-refractivity contribution >= 4 is 12.1 Å². The highest BCUT2D eigenvalue weighted by molar-refractivity contribution is 6.08. The van der Waals surface area contributed by atoms with Crippen LogP contribution in [0.25, 0.3) is 0 Å². The highest BCUT2D eigenvalue weighted by atomic mass is 16.6. The van der Waals surface area contributed by atoms with Crippen LogP contribution in [0.4, 0.5) is 0 Å². The average molecular weight is 296 g/mol. The van der Waals surface area contributed by atoms with Gasteiger partial charge in [-0.3, -0.25) is 9.59 Å². The summed E-state index contributed by atoms with van der Waals surface area (Å²) in [6, 6.07) is 15.4. The van der Waals surface area contributed by atoms with Gasteiger partial charge in [0.2, 0.25) is 6.29 Å². The zero-order chi connectivity index (χ0) is 15.9. The Bertz CT molecular complexity index is 659. The summed E-state index contributed by atoms with van der Waals surface area (Å²) >= 11 is 0. The van der Waals surface area contributed by atoms with E-state index in [0.717, 1.165) is 0 Å². The van der Waals surface area contributed by atoms with Crippen LogP contribution in [-0.4, -0.2) is 23.5 Å². The van der Waals surface area contributed by atoms with Gasteiger partial charge in [-0.25, -0.2) is 0 Å². The number of benzene rings is 2. The molecular weight excluding hydrogens is 280 g/mol. The molecule has 22 heavy (non-hydrogen) atoms. The second-order valence-corrected chi connectivity index (χ2v) is 4.77. The molecule has 0 amide bonds. The van der Waals surface area contributed by atoms with Crippen LogP contribution in [0.2, 0.25) is 0 Å². The summed E-state index contributed by atoms with van der Waals surface area (Å²) in [6.07, 6.45) is -0.532. The number of ketones is 1. The van der Waals surface area contributed by atoms with E-state index in [0.29, 0.717) is 23.2 Å². The molecule has 0 radical (unpaired) electrons. The summed E-state index contributed by atoms with van der Waals surface area (Å²) in [5.74, 6) is 0.331. The van der Waals surface area contributed by atoms with Crippen LogP contribution in [0.3, 0.4) is 0 Å². The van der Waals surface area contributed by atoms with Gasteiger partial charge in [-0.2, -0.15) is 0 Å². The van der Waals surface area contributed by atoms with Crippen LogP contribution >= 0.6 is 0 Å². The molecule has 2 aromatic carbocycles. The number of aliphatic hydroxyl groups is 1. The van der Waals surface area contributed by atoms with E-state index in [9.17, 15) is 14.7 Å². The summed E-state index contributed by atoms with van der Waals surface area (Å²) in [5, 5.41) is 9.65. The lowest BCUT2D eigenvalue weighted by molar-refractivity contribution is -0.105. The minimum Gasteiger partial charge on any atom is -0.465 e. The number of aldehydes is 1. The molecule has 0 bridgehead atoms. The van der Waals surface area contributed by atoms with Crippen LogP contribution in [0.1, 0.15) is 22.3 Å². The minimum absolute atomic E-state index is 0.0359. The maximum Gasteiger partial charge on any atom is 0.201 e. The fourth-order valence-corrected chi connectivity index (χ4v) is 1.91. The van der Waals surface area contributed by atoms with Crippen LogP contribution in [0, 0.1) is 0 Å². The quantitative estimate of drug-likeness (QED) is 0.369. The third kappa shape index (κ3) is 4.14. The van der Waals surface area contributed by atoms with Gasteiger partial charge in [0, 0.05) is 17.5 Å². The SMILES string of the molecule is C=C(C=O)CC(O)Oc1ccc(C(=O)c2ccccc2)cc1. The molecule has 2 aromatic rings. The van der Waals surface area contributed by atoms with Gasteiger partial charge in [-0.05, 0) is 29.8 Å². The molecular formula is C18H16O4. The van der Waals surface area contributed by atoms with Crippen molar-refractivity contribution in [2.45, 2.75) is 12.7 Å². The molecule has 0 heterocycles. The Morgan fingerprint density at radius 3 is 2.27 bits per heavy atom. The molecule has 4 heteroatoms. The van der Waals surface area contributed by atoms with Crippen LogP contribution in [0.5, 0.6) is 5.75 Å². The molecule has 112 valence electrons. The van der Waals surface area contributed by atoms with Gasteiger partial charge in [0.15, 0.2) is 5.78 Å².